The molecule has 0 spiro atoms. The van der Waals surface area contributed by atoms with E-state index >= 15 is 4.39 Å². The van der Waals surface area contributed by atoms with Gasteiger partial charge < -0.3 is 30.5 Å². The molecular weight excluding hydrogens is 861 g/mol. The quantitative estimate of drug-likeness (QED) is 0.147. The number of hydrogen-bond acceptors (Lipinski definition) is 12. The van der Waals surface area contributed by atoms with E-state index in [0.29, 0.717) is 58.1 Å². The fraction of sp³-hybridized carbons (Fsp3) is 0.327. The van der Waals surface area contributed by atoms with E-state index in [1.165, 1.54) is 31.6 Å². The number of halogens is 2. The normalized spacial score (nSPS) is 18.1. The molecule has 1 unspecified atom stereocenters. The number of nitrogen functional groups attached to an aromatic ring is 1. The molecule has 2 aromatic heterocycles. The zero-order chi connectivity index (χ0) is 46.3. The molecular formula is C49H49F2N11O5. The number of ether oxygens (including phenoxy) is 1. The van der Waals surface area contributed by atoms with Gasteiger partial charge >= 0.3 is 0 Å². The average molecular weight is 910 g/mol. The van der Waals surface area contributed by atoms with Crippen molar-refractivity contribution in [2.75, 3.05) is 68.5 Å². The standard InChI is InChI=1S/C49H49F2N11O5/c1-67-41-12-7-33(50)22-37(41)47(64)53-25-29-2-4-31(5-3-29)44-43-45(52)54-28-55-46(43)62(57-44)35-9-10-39(38(51)24-35)60-16-14-30(15-17-60)26-58-18-20-59(21-19-58)34-8-6-32-27-61(49(66)36(32)23-34)40-11-13-42(63)56-48(40)65/h2-10,12,22-24,28,30,40H,11,13-21,25-27H2,1H3,(H,53,64)(H2,52,54,55)(H,56,63,65). The van der Waals surface area contributed by atoms with Crippen molar-refractivity contribution >= 4 is 51.9 Å². The summed E-state index contributed by atoms with van der Waals surface area (Å²) in [5.41, 5.74) is 12.5. The van der Waals surface area contributed by atoms with Crippen LogP contribution in [0, 0.1) is 17.6 Å². The lowest BCUT2D eigenvalue weighted by Gasteiger charge is -2.40. The van der Waals surface area contributed by atoms with Gasteiger partial charge in [-0.1, -0.05) is 30.3 Å². The second-order valence-electron chi connectivity index (χ2n) is 17.5. The molecule has 4 aromatic carbocycles. The lowest BCUT2D eigenvalue weighted by atomic mass is 9.95. The van der Waals surface area contributed by atoms with Crippen LogP contribution in [0.25, 0.3) is 28.0 Å². The maximum absolute atomic E-state index is 16.1. The van der Waals surface area contributed by atoms with Crippen LogP contribution in [0.3, 0.4) is 0 Å². The van der Waals surface area contributed by atoms with E-state index in [-0.39, 0.29) is 47.7 Å². The van der Waals surface area contributed by atoms with Crippen LogP contribution in [-0.2, 0) is 22.7 Å². The van der Waals surface area contributed by atoms with Crippen LogP contribution in [0.4, 0.5) is 26.0 Å². The number of rotatable bonds is 11. The molecule has 4 amide bonds. The molecule has 6 heterocycles. The number of piperidine rings is 2. The van der Waals surface area contributed by atoms with Crippen LogP contribution in [0.5, 0.6) is 5.75 Å². The van der Waals surface area contributed by atoms with Crippen LogP contribution in [-0.4, -0.2) is 112 Å². The van der Waals surface area contributed by atoms with Crippen molar-refractivity contribution in [1.82, 2.24) is 40.2 Å². The number of hydrogen-bond donors (Lipinski definition) is 3. The van der Waals surface area contributed by atoms with E-state index in [9.17, 15) is 23.6 Å². The lowest BCUT2D eigenvalue weighted by molar-refractivity contribution is -0.136. The highest BCUT2D eigenvalue weighted by Crippen LogP contribution is 2.35. The first-order valence-corrected chi connectivity index (χ1v) is 22.5. The van der Waals surface area contributed by atoms with Crippen LogP contribution in [0.1, 0.15) is 57.5 Å². The molecule has 1 atom stereocenters. The third kappa shape index (κ3) is 8.59. The summed E-state index contributed by atoms with van der Waals surface area (Å²) in [6, 6.07) is 21.6. The molecule has 0 radical (unpaired) electrons. The number of fused-ring (bicyclic) bond motifs is 2. The van der Waals surface area contributed by atoms with Crippen molar-refractivity contribution in [3.8, 4) is 22.7 Å². The molecule has 3 fully saturated rings. The smallest absolute Gasteiger partial charge is 0.255 e. The summed E-state index contributed by atoms with van der Waals surface area (Å²) in [5, 5.41) is 10.6. The summed E-state index contributed by atoms with van der Waals surface area (Å²) in [6.07, 6.45) is 3.80. The molecule has 4 aliphatic heterocycles. The largest absolute Gasteiger partial charge is 0.496 e. The zero-order valence-corrected chi connectivity index (χ0v) is 36.9. The first kappa shape index (κ1) is 43.4. The molecule has 4 aliphatic rings. The lowest BCUT2D eigenvalue weighted by Crippen LogP contribution is -2.52. The van der Waals surface area contributed by atoms with E-state index in [0.717, 1.165) is 81.5 Å². The number of piperazine rings is 1. The SMILES string of the molecule is COc1ccc(F)cc1C(=O)NCc1ccc(-c2nn(-c3ccc(N4CCC(CN5CCN(c6ccc7c(c6)C(=O)N(C6CCC(=O)NC6=O)C7)CC5)CC4)c(F)c3)c3ncnc(N)c23)cc1. The minimum atomic E-state index is -0.630. The third-order valence-corrected chi connectivity index (χ3v) is 13.5. The van der Waals surface area contributed by atoms with Crippen LogP contribution in [0.2, 0.25) is 0 Å². The second kappa shape index (κ2) is 18.1. The van der Waals surface area contributed by atoms with Gasteiger partial charge in [-0.15, -0.1) is 0 Å². The Morgan fingerprint density at radius 3 is 2.39 bits per heavy atom. The summed E-state index contributed by atoms with van der Waals surface area (Å²) >= 11 is 0. The predicted octanol–water partition coefficient (Wildman–Crippen LogP) is 5.08. The van der Waals surface area contributed by atoms with Crippen molar-refractivity contribution in [3.63, 3.8) is 0 Å². The summed E-state index contributed by atoms with van der Waals surface area (Å²) in [6.45, 7) is 6.43. The maximum atomic E-state index is 16.1. The van der Waals surface area contributed by atoms with Crippen molar-refractivity contribution < 1.29 is 32.7 Å². The van der Waals surface area contributed by atoms with Crippen molar-refractivity contribution in [2.24, 2.45) is 5.92 Å². The number of imide groups is 1. The number of nitrogens with one attached hydrogen (secondary N) is 2. The number of aromatic nitrogens is 4. The fourth-order valence-electron chi connectivity index (χ4n) is 9.81. The van der Waals surface area contributed by atoms with Gasteiger partial charge in [0.05, 0.1) is 29.4 Å². The number of nitrogens with two attached hydrogens (primary N) is 1. The Balaban J connectivity index is 0.740. The number of nitrogens with zero attached hydrogens (tertiary/aromatic N) is 8. The molecule has 0 aliphatic carbocycles. The molecule has 4 N–H and O–H groups in total. The van der Waals surface area contributed by atoms with Gasteiger partial charge in [0.15, 0.2) is 5.65 Å². The van der Waals surface area contributed by atoms with E-state index < -0.39 is 23.7 Å². The molecule has 344 valence electrons. The molecule has 0 bridgehead atoms. The number of anilines is 3. The summed E-state index contributed by atoms with van der Waals surface area (Å²) in [7, 11) is 1.42. The highest BCUT2D eigenvalue weighted by atomic mass is 19.1. The van der Waals surface area contributed by atoms with E-state index in [2.05, 4.69) is 41.4 Å². The minimum Gasteiger partial charge on any atom is -0.496 e. The zero-order valence-electron chi connectivity index (χ0n) is 36.9. The first-order chi connectivity index (χ1) is 32.5. The fourth-order valence-corrected chi connectivity index (χ4v) is 9.81. The molecule has 3 saturated heterocycles. The number of methoxy groups -OCH3 is 1. The number of benzene rings is 4. The van der Waals surface area contributed by atoms with Crippen LogP contribution >= 0.6 is 0 Å². The van der Waals surface area contributed by atoms with Gasteiger partial charge in [-0.25, -0.2) is 23.4 Å². The van der Waals surface area contributed by atoms with Crippen molar-refractivity contribution in [3.05, 3.63) is 119 Å². The molecule has 6 aromatic rings. The Morgan fingerprint density at radius 1 is 0.866 bits per heavy atom. The van der Waals surface area contributed by atoms with Crippen molar-refractivity contribution in [1.29, 1.82) is 0 Å². The van der Waals surface area contributed by atoms with Gasteiger partial charge in [0.2, 0.25) is 11.8 Å². The Hall–Kier alpha value is -7.47. The van der Waals surface area contributed by atoms with Gasteiger partial charge in [-0.2, -0.15) is 5.10 Å². The van der Waals surface area contributed by atoms with Gasteiger partial charge in [-0.05, 0) is 78.8 Å². The molecule has 10 rings (SSSR count). The van der Waals surface area contributed by atoms with Gasteiger partial charge in [-0.3, -0.25) is 29.4 Å². The Morgan fingerprint density at radius 2 is 1.64 bits per heavy atom. The highest BCUT2D eigenvalue weighted by molar-refractivity contribution is 6.06. The monoisotopic (exact) mass is 909 g/mol. The molecule has 18 heteroatoms. The minimum absolute atomic E-state index is 0.0959. The topological polar surface area (TPSA) is 184 Å². The van der Waals surface area contributed by atoms with E-state index in [4.69, 9.17) is 15.6 Å². The van der Waals surface area contributed by atoms with Gasteiger partial charge in [0.1, 0.15) is 41.3 Å². The maximum Gasteiger partial charge on any atom is 0.255 e. The van der Waals surface area contributed by atoms with Gasteiger partial charge in [0, 0.05) is 88.2 Å². The number of carbonyl (C=O) groups excluding carboxylic acids is 4. The van der Waals surface area contributed by atoms with Crippen LogP contribution < -0.4 is 30.9 Å². The Kier molecular flexibility index (Phi) is 11.7. The predicted molar refractivity (Wildman–Crippen MR) is 247 cm³/mol. The molecule has 67 heavy (non-hydrogen) atoms. The van der Waals surface area contributed by atoms with E-state index in [1.807, 2.05) is 42.5 Å². The summed E-state index contributed by atoms with van der Waals surface area (Å²) in [4.78, 5) is 67.6. The van der Waals surface area contributed by atoms with E-state index in [1.54, 1.807) is 15.6 Å². The average Bonchev–Trinajstić information content (AvgIpc) is 3.89. The second-order valence-corrected chi connectivity index (χ2v) is 17.5. The van der Waals surface area contributed by atoms with Crippen LogP contribution in [0.15, 0.2) is 85.2 Å². The third-order valence-electron chi connectivity index (χ3n) is 13.5. The number of amides is 4. The first-order valence-electron chi connectivity index (χ1n) is 22.5. The number of carbonyl (C=O) groups is 4. The molecule has 0 saturated carbocycles. The molecule has 16 nitrogen and oxygen atoms in total. The Labute approximate surface area is 384 Å². The summed E-state index contributed by atoms with van der Waals surface area (Å²) in [5.74, 6) is -1.27. The summed E-state index contributed by atoms with van der Waals surface area (Å²) < 4.78 is 36.7. The highest BCUT2D eigenvalue weighted by Gasteiger charge is 2.39. The van der Waals surface area contributed by atoms with Gasteiger partial charge in [0.25, 0.3) is 11.8 Å². The Bertz CT molecular complexity index is 2910. The van der Waals surface area contributed by atoms with Crippen molar-refractivity contribution in [2.45, 2.75) is 44.8 Å².